The van der Waals surface area contributed by atoms with Crippen LogP contribution in [0, 0.1) is 11.3 Å². The molecule has 1 heterocycles. The molecule has 0 bridgehead atoms. The Morgan fingerprint density at radius 2 is 1.95 bits per heavy atom. The zero-order valence-electron chi connectivity index (χ0n) is 13.2. The first kappa shape index (κ1) is 16.5. The van der Waals surface area contributed by atoms with Crippen LogP contribution in [0.1, 0.15) is 33.6 Å². The number of amides is 1. The van der Waals surface area contributed by atoms with Gasteiger partial charge in [0.1, 0.15) is 11.6 Å². The van der Waals surface area contributed by atoms with Crippen LogP contribution < -0.4 is 5.32 Å². The van der Waals surface area contributed by atoms with Gasteiger partial charge in [0, 0.05) is 24.8 Å². The molecule has 0 spiro atoms. The minimum Gasteiger partial charge on any atom is -0.376 e. The summed E-state index contributed by atoms with van der Waals surface area (Å²) in [5.41, 5.74) is -0.166. The molecule has 5 heteroatoms. The number of nitrogens with one attached hydrogen (secondary N) is 1. The molecule has 1 amide bonds. The number of nitrogens with zero attached hydrogens (tertiary/aromatic N) is 3. The zero-order chi connectivity index (χ0) is 15.3. The van der Waals surface area contributed by atoms with Crippen molar-refractivity contribution in [2.24, 2.45) is 0 Å². The lowest BCUT2D eigenvalue weighted by Crippen LogP contribution is -2.42. The Morgan fingerprint density at radius 1 is 1.40 bits per heavy atom. The monoisotopic (exact) mass is 278 g/mol. The van der Waals surface area contributed by atoms with Gasteiger partial charge in [-0.1, -0.05) is 0 Å². The molecular weight excluding hydrogens is 252 g/mol. The highest BCUT2D eigenvalue weighted by Gasteiger charge is 2.21. The summed E-state index contributed by atoms with van der Waals surface area (Å²) in [4.78, 5) is 16.3. The molecule has 1 saturated heterocycles. The molecule has 1 aliphatic rings. The average molecular weight is 278 g/mol. The summed E-state index contributed by atoms with van der Waals surface area (Å²) in [7, 11) is 4.06. The van der Waals surface area contributed by atoms with E-state index in [1.165, 1.54) is 0 Å². The first-order valence-corrected chi connectivity index (χ1v) is 7.08. The molecule has 0 atom stereocenters. The second-order valence-electron chi connectivity index (χ2n) is 6.56. The van der Waals surface area contributed by atoms with Crippen molar-refractivity contribution >= 4 is 5.91 Å². The van der Waals surface area contributed by atoms with Crippen LogP contribution in [0.3, 0.4) is 0 Å². The first-order valence-electron chi connectivity index (χ1n) is 7.08. The van der Waals surface area contributed by atoms with Crippen LogP contribution in [-0.4, -0.2) is 54.5 Å². The van der Waals surface area contributed by atoms with Gasteiger partial charge in [0.05, 0.1) is 0 Å². The van der Waals surface area contributed by atoms with E-state index in [9.17, 15) is 4.79 Å². The molecule has 1 rings (SSSR count). The van der Waals surface area contributed by atoms with Gasteiger partial charge in [0.15, 0.2) is 0 Å². The van der Waals surface area contributed by atoms with Gasteiger partial charge in [-0.3, -0.25) is 4.79 Å². The summed E-state index contributed by atoms with van der Waals surface area (Å²) >= 11 is 0. The minimum absolute atomic E-state index is 0.168. The summed E-state index contributed by atoms with van der Waals surface area (Å²) < 4.78 is 0. The lowest BCUT2D eigenvalue weighted by Gasteiger charge is -2.34. The molecule has 0 radical (unpaired) electrons. The summed E-state index contributed by atoms with van der Waals surface area (Å²) in [5.74, 6) is -0.306. The van der Waals surface area contributed by atoms with Crippen LogP contribution in [0.2, 0.25) is 0 Å². The van der Waals surface area contributed by atoms with Gasteiger partial charge in [-0.05, 0) is 53.8 Å². The lowest BCUT2D eigenvalue weighted by molar-refractivity contribution is -0.118. The summed E-state index contributed by atoms with van der Waals surface area (Å²) in [6, 6.07) is 2.40. The number of carbonyl (C=O) groups is 1. The summed E-state index contributed by atoms with van der Waals surface area (Å²) in [5, 5.41) is 12.0. The fourth-order valence-corrected chi connectivity index (χ4v) is 2.26. The highest BCUT2D eigenvalue weighted by atomic mass is 16.1. The number of likely N-dealkylation sites (tertiary alicyclic amines) is 1. The maximum absolute atomic E-state index is 12.0. The minimum atomic E-state index is -0.334. The summed E-state index contributed by atoms with van der Waals surface area (Å²) in [6.45, 7) is 7.82. The molecule has 20 heavy (non-hydrogen) atoms. The van der Waals surface area contributed by atoms with Crippen LogP contribution in [-0.2, 0) is 4.79 Å². The third-order valence-electron chi connectivity index (χ3n) is 3.45. The van der Waals surface area contributed by atoms with E-state index in [2.05, 4.69) is 17.3 Å². The van der Waals surface area contributed by atoms with Crippen LogP contribution >= 0.6 is 0 Å². The van der Waals surface area contributed by atoms with Crippen molar-refractivity contribution in [1.82, 2.24) is 15.1 Å². The Bertz CT molecular complexity index is 409. The van der Waals surface area contributed by atoms with E-state index >= 15 is 0 Å². The van der Waals surface area contributed by atoms with E-state index < -0.39 is 0 Å². The topological polar surface area (TPSA) is 59.4 Å². The molecule has 5 nitrogen and oxygen atoms in total. The predicted molar refractivity (Wildman–Crippen MR) is 79.9 cm³/mol. The van der Waals surface area contributed by atoms with E-state index in [4.69, 9.17) is 5.26 Å². The van der Waals surface area contributed by atoms with E-state index in [0.29, 0.717) is 6.04 Å². The van der Waals surface area contributed by atoms with Gasteiger partial charge in [-0.2, -0.15) is 5.26 Å². The Hall–Kier alpha value is -1.54. The number of nitriles is 1. The molecule has 0 aromatic carbocycles. The average Bonchev–Trinajstić information content (AvgIpc) is 2.34. The Balaban J connectivity index is 2.69. The molecular formula is C15H26N4O. The molecule has 0 aromatic rings. The Labute approximate surface area is 122 Å². The van der Waals surface area contributed by atoms with Crippen molar-refractivity contribution in [3.8, 4) is 6.07 Å². The molecule has 1 aliphatic heterocycles. The zero-order valence-corrected chi connectivity index (χ0v) is 13.2. The van der Waals surface area contributed by atoms with Crippen LogP contribution in [0.4, 0.5) is 0 Å². The van der Waals surface area contributed by atoms with Crippen molar-refractivity contribution in [1.29, 1.82) is 5.26 Å². The fraction of sp³-hybridized carbons (Fsp3) is 0.733. The molecule has 0 unspecified atom stereocenters. The van der Waals surface area contributed by atoms with E-state index in [0.717, 1.165) is 25.9 Å². The normalized spacial score (nSPS) is 18.5. The molecule has 0 aliphatic carbocycles. The number of hydrogen-bond acceptors (Lipinski definition) is 4. The highest BCUT2D eigenvalue weighted by Crippen LogP contribution is 2.15. The molecule has 0 saturated carbocycles. The van der Waals surface area contributed by atoms with Gasteiger partial charge < -0.3 is 15.1 Å². The predicted octanol–water partition coefficient (Wildman–Crippen LogP) is 1.33. The largest absolute Gasteiger partial charge is 0.376 e. The molecule has 1 N–H and O–H groups in total. The van der Waals surface area contributed by atoms with Gasteiger partial charge in [0.2, 0.25) is 0 Å². The Kier molecular flexibility index (Phi) is 5.58. The third kappa shape index (κ3) is 5.22. The van der Waals surface area contributed by atoms with Gasteiger partial charge >= 0.3 is 0 Å². The first-order chi connectivity index (χ1) is 9.23. The van der Waals surface area contributed by atoms with E-state index in [-0.39, 0.29) is 17.0 Å². The van der Waals surface area contributed by atoms with Crippen LogP contribution in [0.25, 0.3) is 0 Å². The highest BCUT2D eigenvalue weighted by molar-refractivity contribution is 5.97. The van der Waals surface area contributed by atoms with Crippen molar-refractivity contribution in [2.45, 2.75) is 45.2 Å². The lowest BCUT2D eigenvalue weighted by atomic mass is 10.0. The number of hydrogen-bond donors (Lipinski definition) is 1. The van der Waals surface area contributed by atoms with Crippen LogP contribution in [0.5, 0.6) is 0 Å². The third-order valence-corrected chi connectivity index (χ3v) is 3.45. The fourth-order valence-electron chi connectivity index (χ4n) is 2.26. The van der Waals surface area contributed by atoms with Crippen molar-refractivity contribution in [2.75, 3.05) is 27.2 Å². The van der Waals surface area contributed by atoms with Gasteiger partial charge in [0.25, 0.3) is 5.91 Å². The maximum Gasteiger partial charge on any atom is 0.263 e. The molecule has 0 aromatic heterocycles. The molecule has 1 fully saturated rings. The quantitative estimate of drug-likeness (QED) is 0.625. The second-order valence-corrected chi connectivity index (χ2v) is 6.56. The Morgan fingerprint density at radius 3 is 2.40 bits per heavy atom. The van der Waals surface area contributed by atoms with Gasteiger partial charge in [-0.15, -0.1) is 0 Å². The second kappa shape index (κ2) is 6.76. The van der Waals surface area contributed by atoms with Crippen molar-refractivity contribution in [3.05, 3.63) is 11.8 Å². The number of piperidine rings is 1. The SMILES string of the molecule is CN1CCC(N(C)/C=C(/C#N)C(=O)NC(C)(C)C)CC1. The van der Waals surface area contributed by atoms with Crippen LogP contribution in [0.15, 0.2) is 11.8 Å². The molecule has 112 valence electrons. The van der Waals surface area contributed by atoms with E-state index in [1.807, 2.05) is 38.8 Å². The van der Waals surface area contributed by atoms with Crippen molar-refractivity contribution in [3.63, 3.8) is 0 Å². The number of carbonyl (C=O) groups excluding carboxylic acids is 1. The summed E-state index contributed by atoms with van der Waals surface area (Å²) in [6.07, 6.45) is 3.79. The van der Waals surface area contributed by atoms with E-state index in [1.54, 1.807) is 6.20 Å². The van der Waals surface area contributed by atoms with Gasteiger partial charge in [-0.25, -0.2) is 0 Å². The smallest absolute Gasteiger partial charge is 0.263 e. The standard InChI is InChI=1S/C15H26N4O/c1-15(2,3)17-14(20)12(10-16)11-19(5)13-6-8-18(4)9-7-13/h11,13H,6-9H2,1-5H3,(H,17,20)/b12-11-. The van der Waals surface area contributed by atoms with Crippen molar-refractivity contribution < 1.29 is 4.79 Å². The maximum atomic E-state index is 12.0. The number of rotatable bonds is 3.